The topological polar surface area (TPSA) is 114 Å². The molecule has 0 aromatic heterocycles. The SMILES string of the molecule is CCCCN(CCCC)c1ccc(C2C([O-])C(Nc3ccc([N+](=O)[O-])cc3OC)C2[O-])cc1. The minimum Gasteiger partial charge on any atom is -0.850 e. The zero-order chi connectivity index (χ0) is 24.0. The number of nitro benzene ring substituents is 1. The minimum atomic E-state index is -1.12. The van der Waals surface area contributed by atoms with Crippen LogP contribution < -0.4 is 25.2 Å². The van der Waals surface area contributed by atoms with Crippen LogP contribution >= 0.6 is 0 Å². The maximum atomic E-state index is 12.9. The molecule has 0 saturated heterocycles. The highest BCUT2D eigenvalue weighted by atomic mass is 16.6. The highest BCUT2D eigenvalue weighted by molar-refractivity contribution is 5.62. The van der Waals surface area contributed by atoms with Gasteiger partial charge in [0.1, 0.15) is 5.75 Å². The van der Waals surface area contributed by atoms with E-state index < -0.39 is 29.1 Å². The van der Waals surface area contributed by atoms with Crippen molar-refractivity contribution in [1.82, 2.24) is 0 Å². The van der Waals surface area contributed by atoms with Crippen LogP contribution in [0.5, 0.6) is 5.75 Å². The number of methoxy groups -OCH3 is 1. The van der Waals surface area contributed by atoms with Crippen LogP contribution in [0.4, 0.5) is 17.1 Å². The number of unbranched alkanes of at least 4 members (excludes halogenated alkanes) is 2. The Kier molecular flexibility index (Phi) is 8.52. The summed E-state index contributed by atoms with van der Waals surface area (Å²) in [4.78, 5) is 12.8. The summed E-state index contributed by atoms with van der Waals surface area (Å²) in [6.07, 6.45) is 2.28. The van der Waals surface area contributed by atoms with E-state index in [1.54, 1.807) is 0 Å². The van der Waals surface area contributed by atoms with E-state index in [1.807, 2.05) is 24.3 Å². The second-order valence-corrected chi connectivity index (χ2v) is 8.55. The Bertz CT molecular complexity index is 903. The number of nitrogens with one attached hydrogen (secondary N) is 1. The van der Waals surface area contributed by atoms with Crippen LogP contribution in [0.1, 0.15) is 51.0 Å². The van der Waals surface area contributed by atoms with Crippen LogP contribution in [0.25, 0.3) is 0 Å². The van der Waals surface area contributed by atoms with Gasteiger partial charge in [-0.1, -0.05) is 38.8 Å². The first-order valence-corrected chi connectivity index (χ1v) is 11.7. The second-order valence-electron chi connectivity index (χ2n) is 8.55. The van der Waals surface area contributed by atoms with Gasteiger partial charge in [0.05, 0.1) is 23.8 Å². The summed E-state index contributed by atoms with van der Waals surface area (Å²) in [7, 11) is 1.39. The predicted molar refractivity (Wildman–Crippen MR) is 126 cm³/mol. The van der Waals surface area contributed by atoms with Crippen molar-refractivity contribution in [3.8, 4) is 5.75 Å². The molecule has 0 aliphatic heterocycles. The van der Waals surface area contributed by atoms with Crippen molar-refractivity contribution in [2.24, 2.45) is 0 Å². The van der Waals surface area contributed by atoms with E-state index >= 15 is 0 Å². The molecule has 1 aliphatic rings. The van der Waals surface area contributed by atoms with Crippen molar-refractivity contribution >= 4 is 17.1 Å². The third kappa shape index (κ3) is 5.57. The molecule has 0 bridgehead atoms. The maximum Gasteiger partial charge on any atom is 0.273 e. The van der Waals surface area contributed by atoms with Gasteiger partial charge < -0.3 is 25.2 Å². The van der Waals surface area contributed by atoms with Gasteiger partial charge in [-0.3, -0.25) is 10.1 Å². The molecule has 8 nitrogen and oxygen atoms in total. The number of hydrogen-bond acceptors (Lipinski definition) is 7. The molecule has 33 heavy (non-hydrogen) atoms. The first-order valence-electron chi connectivity index (χ1n) is 11.7. The van der Waals surface area contributed by atoms with Gasteiger partial charge in [0.25, 0.3) is 5.69 Å². The van der Waals surface area contributed by atoms with Gasteiger partial charge in [-0.25, -0.2) is 0 Å². The van der Waals surface area contributed by atoms with Gasteiger partial charge in [0.15, 0.2) is 0 Å². The summed E-state index contributed by atoms with van der Waals surface area (Å²) >= 11 is 0. The Hall–Kier alpha value is -2.84. The van der Waals surface area contributed by atoms with Crippen molar-refractivity contribution in [2.45, 2.75) is 63.7 Å². The number of nitrogens with zero attached hydrogens (tertiary/aromatic N) is 2. The van der Waals surface area contributed by atoms with Gasteiger partial charge in [-0.05, 0) is 42.5 Å². The quantitative estimate of drug-likeness (QED) is 0.386. The summed E-state index contributed by atoms with van der Waals surface area (Å²) in [5.74, 6) is -0.393. The average Bonchev–Trinajstić information content (AvgIpc) is 2.83. The summed E-state index contributed by atoms with van der Waals surface area (Å²) in [5.41, 5.74) is 2.17. The molecule has 180 valence electrons. The van der Waals surface area contributed by atoms with E-state index in [4.69, 9.17) is 4.74 Å². The molecule has 1 saturated carbocycles. The number of rotatable bonds is 12. The molecule has 0 radical (unpaired) electrons. The van der Waals surface area contributed by atoms with Gasteiger partial charge >= 0.3 is 0 Å². The number of benzene rings is 2. The highest BCUT2D eigenvalue weighted by Gasteiger charge is 2.38. The summed E-state index contributed by atoms with van der Waals surface area (Å²) < 4.78 is 5.20. The standard InChI is InChI=1S/C25H33N3O5/c1-4-6-14-27(15-7-5-2)18-10-8-17(9-11-18)22-24(29)23(25(22)30)26-20-13-12-19(28(31)32)16-21(20)33-3/h8-13,16,22-26H,4-7,14-15H2,1-3H3/q-2. The number of non-ortho nitro benzene ring substituents is 1. The van der Waals surface area contributed by atoms with Crippen molar-refractivity contribution in [2.75, 3.05) is 30.4 Å². The van der Waals surface area contributed by atoms with Gasteiger partial charge in [0.2, 0.25) is 0 Å². The van der Waals surface area contributed by atoms with Crippen LogP contribution in [0.2, 0.25) is 0 Å². The van der Waals surface area contributed by atoms with Crippen LogP contribution in [0.15, 0.2) is 42.5 Å². The lowest BCUT2D eigenvalue weighted by Gasteiger charge is -2.61. The predicted octanol–water partition coefficient (Wildman–Crippen LogP) is 3.05. The summed E-state index contributed by atoms with van der Waals surface area (Å²) in [6.45, 7) is 6.35. The van der Waals surface area contributed by atoms with Crippen molar-refractivity contribution in [3.63, 3.8) is 0 Å². The first kappa shape index (κ1) is 24.8. The molecule has 2 atom stereocenters. The van der Waals surface area contributed by atoms with E-state index in [-0.39, 0.29) is 11.4 Å². The highest BCUT2D eigenvalue weighted by Crippen LogP contribution is 2.39. The molecule has 1 fully saturated rings. The maximum absolute atomic E-state index is 12.9. The van der Waals surface area contributed by atoms with Crippen LogP contribution in [-0.2, 0) is 0 Å². The minimum absolute atomic E-state index is 0.117. The van der Waals surface area contributed by atoms with Gasteiger partial charge in [-0.15, -0.1) is 12.2 Å². The molecule has 2 aromatic carbocycles. The fraction of sp³-hybridized carbons (Fsp3) is 0.520. The lowest BCUT2D eigenvalue weighted by atomic mass is 9.70. The monoisotopic (exact) mass is 455 g/mol. The second kappa shape index (κ2) is 11.3. The summed E-state index contributed by atoms with van der Waals surface area (Å²) in [6, 6.07) is 11.1. The largest absolute Gasteiger partial charge is 0.850 e. The number of hydrogen-bond donors (Lipinski definition) is 1. The molecule has 1 N–H and O–H groups in total. The summed E-state index contributed by atoms with van der Waals surface area (Å²) in [5, 5.41) is 39.8. The molecule has 1 aliphatic carbocycles. The van der Waals surface area contributed by atoms with Crippen LogP contribution in [0, 0.1) is 10.1 Å². The number of anilines is 2. The molecule has 2 unspecified atom stereocenters. The Balaban J connectivity index is 1.68. The van der Waals surface area contributed by atoms with Crippen molar-refractivity contribution in [3.05, 3.63) is 58.1 Å². The smallest absolute Gasteiger partial charge is 0.273 e. The zero-order valence-corrected chi connectivity index (χ0v) is 19.5. The molecule has 3 rings (SSSR count). The Morgan fingerprint density at radius 3 is 2.12 bits per heavy atom. The Labute approximate surface area is 195 Å². The fourth-order valence-corrected chi connectivity index (χ4v) is 4.29. The van der Waals surface area contributed by atoms with Crippen LogP contribution in [-0.4, -0.2) is 43.4 Å². The third-order valence-electron chi connectivity index (χ3n) is 6.34. The van der Waals surface area contributed by atoms with Crippen molar-refractivity contribution < 1.29 is 19.9 Å². The molecular formula is C25H33N3O5-2. The molecule has 8 heteroatoms. The fourth-order valence-electron chi connectivity index (χ4n) is 4.29. The van der Waals surface area contributed by atoms with Gasteiger partial charge in [0, 0.05) is 30.9 Å². The molecule has 0 spiro atoms. The number of ether oxygens (including phenoxy) is 1. The van der Waals surface area contributed by atoms with E-state index in [1.165, 1.54) is 25.3 Å². The van der Waals surface area contributed by atoms with E-state index in [2.05, 4.69) is 24.1 Å². The molecular weight excluding hydrogens is 422 g/mol. The van der Waals surface area contributed by atoms with E-state index in [0.29, 0.717) is 5.69 Å². The molecule has 0 heterocycles. The lowest BCUT2D eigenvalue weighted by Crippen LogP contribution is -2.71. The lowest BCUT2D eigenvalue weighted by molar-refractivity contribution is -0.530. The molecule has 0 amide bonds. The first-order chi connectivity index (χ1) is 15.9. The Morgan fingerprint density at radius 2 is 1.61 bits per heavy atom. The number of nitro groups is 1. The van der Waals surface area contributed by atoms with Crippen LogP contribution in [0.3, 0.4) is 0 Å². The van der Waals surface area contributed by atoms with E-state index in [0.717, 1.165) is 50.0 Å². The normalized spacial score (nSPS) is 21.8. The molecule has 2 aromatic rings. The third-order valence-corrected chi connectivity index (χ3v) is 6.34. The van der Waals surface area contributed by atoms with E-state index in [9.17, 15) is 20.3 Å². The average molecular weight is 456 g/mol. The van der Waals surface area contributed by atoms with Crippen molar-refractivity contribution in [1.29, 1.82) is 0 Å². The van der Waals surface area contributed by atoms with Gasteiger partial charge in [-0.2, -0.15) is 0 Å². The Morgan fingerprint density at radius 1 is 1.00 bits per heavy atom. The zero-order valence-electron chi connectivity index (χ0n) is 19.5.